The number of carbonyl (C=O) groups is 1. The quantitative estimate of drug-likeness (QED) is 0.651. The lowest BCUT2D eigenvalue weighted by Crippen LogP contribution is -2.26. The highest BCUT2D eigenvalue weighted by Crippen LogP contribution is 2.35. The van der Waals surface area contributed by atoms with Crippen molar-refractivity contribution in [3.8, 4) is 0 Å². The van der Waals surface area contributed by atoms with Crippen molar-refractivity contribution in [3.63, 3.8) is 0 Å². The molecule has 0 radical (unpaired) electrons. The van der Waals surface area contributed by atoms with Crippen LogP contribution in [0.2, 0.25) is 0 Å². The van der Waals surface area contributed by atoms with E-state index in [1.54, 1.807) is 0 Å². The van der Waals surface area contributed by atoms with Crippen LogP contribution in [-0.4, -0.2) is 11.0 Å². The number of carbonyl (C=O) groups excluding carboxylic acids is 1. The first-order valence-electron chi connectivity index (χ1n) is 4.25. The monoisotopic (exact) mass is 177 g/mol. The lowest BCUT2D eigenvalue weighted by Gasteiger charge is -2.09. The number of aliphatic hydroxyl groups is 1. The Labute approximate surface area is 76.2 Å². The van der Waals surface area contributed by atoms with Gasteiger partial charge in [0.1, 0.15) is 0 Å². The van der Waals surface area contributed by atoms with Gasteiger partial charge in [0.25, 0.3) is 0 Å². The number of aliphatic hydroxyl groups excluding tert-OH is 1. The van der Waals surface area contributed by atoms with E-state index in [4.69, 9.17) is 5.73 Å². The molecule has 0 saturated heterocycles. The van der Waals surface area contributed by atoms with Crippen molar-refractivity contribution in [2.24, 2.45) is 11.7 Å². The third-order valence-electron chi connectivity index (χ3n) is 2.56. The minimum absolute atomic E-state index is 0.427. The van der Waals surface area contributed by atoms with Crippen LogP contribution in [0.3, 0.4) is 0 Å². The van der Waals surface area contributed by atoms with E-state index >= 15 is 0 Å². The van der Waals surface area contributed by atoms with E-state index in [1.807, 2.05) is 24.3 Å². The summed E-state index contributed by atoms with van der Waals surface area (Å²) in [5, 5.41) is 9.71. The molecule has 1 aromatic carbocycles. The van der Waals surface area contributed by atoms with Crippen molar-refractivity contribution in [2.45, 2.75) is 12.5 Å². The van der Waals surface area contributed by atoms with Crippen molar-refractivity contribution < 1.29 is 9.90 Å². The fraction of sp³-hybridized carbons (Fsp3) is 0.300. The lowest BCUT2D eigenvalue weighted by atomic mass is 10.0. The van der Waals surface area contributed by atoms with Gasteiger partial charge in [0.05, 0.1) is 12.0 Å². The molecule has 1 amide bonds. The maximum absolute atomic E-state index is 10.9. The average molecular weight is 177 g/mol. The van der Waals surface area contributed by atoms with E-state index in [9.17, 15) is 9.90 Å². The van der Waals surface area contributed by atoms with Crippen molar-refractivity contribution in [1.29, 1.82) is 0 Å². The van der Waals surface area contributed by atoms with E-state index in [1.165, 1.54) is 0 Å². The summed E-state index contributed by atoms with van der Waals surface area (Å²) in [6.07, 6.45) is -0.152. The van der Waals surface area contributed by atoms with Crippen LogP contribution in [0.5, 0.6) is 0 Å². The van der Waals surface area contributed by atoms with Crippen LogP contribution < -0.4 is 5.73 Å². The molecule has 3 heteroatoms. The van der Waals surface area contributed by atoms with Crippen molar-refractivity contribution >= 4 is 5.91 Å². The van der Waals surface area contributed by atoms with Gasteiger partial charge in [-0.05, 0) is 17.5 Å². The van der Waals surface area contributed by atoms with E-state index < -0.39 is 17.9 Å². The first-order chi connectivity index (χ1) is 6.20. The Kier molecular flexibility index (Phi) is 1.81. The van der Waals surface area contributed by atoms with E-state index in [2.05, 4.69) is 0 Å². The Hall–Kier alpha value is -1.35. The minimum Gasteiger partial charge on any atom is -0.388 e. The number of nitrogens with two attached hydrogens (primary N) is 1. The maximum Gasteiger partial charge on any atom is 0.223 e. The Morgan fingerprint density at radius 3 is 2.77 bits per heavy atom. The number of benzene rings is 1. The van der Waals surface area contributed by atoms with Gasteiger partial charge in [0.15, 0.2) is 0 Å². The fourth-order valence-electron chi connectivity index (χ4n) is 1.83. The van der Waals surface area contributed by atoms with Crippen LogP contribution in [0.4, 0.5) is 0 Å². The van der Waals surface area contributed by atoms with Crippen LogP contribution in [0, 0.1) is 5.92 Å². The molecule has 1 aliphatic carbocycles. The molecular formula is C10H11NO2. The van der Waals surface area contributed by atoms with E-state index in [0.717, 1.165) is 11.1 Å². The molecule has 3 nitrogen and oxygen atoms in total. The first kappa shape index (κ1) is 8.26. The molecule has 0 aliphatic heterocycles. The predicted molar refractivity (Wildman–Crippen MR) is 47.8 cm³/mol. The minimum atomic E-state index is -0.714. The molecular weight excluding hydrogens is 166 g/mol. The summed E-state index contributed by atoms with van der Waals surface area (Å²) >= 11 is 0. The summed E-state index contributed by atoms with van der Waals surface area (Å²) in [5.74, 6) is -0.874. The van der Waals surface area contributed by atoms with Gasteiger partial charge in [-0.3, -0.25) is 4.79 Å². The molecule has 3 N–H and O–H groups in total. The molecule has 68 valence electrons. The second kappa shape index (κ2) is 2.85. The molecule has 0 spiro atoms. The normalized spacial score (nSPS) is 25.6. The van der Waals surface area contributed by atoms with Crippen molar-refractivity contribution in [2.75, 3.05) is 0 Å². The number of primary amides is 1. The van der Waals surface area contributed by atoms with Crippen molar-refractivity contribution in [1.82, 2.24) is 0 Å². The van der Waals surface area contributed by atoms with Gasteiger partial charge in [0, 0.05) is 0 Å². The highest BCUT2D eigenvalue weighted by Gasteiger charge is 2.34. The molecule has 13 heavy (non-hydrogen) atoms. The summed E-state index contributed by atoms with van der Waals surface area (Å²) in [7, 11) is 0. The first-order valence-corrected chi connectivity index (χ1v) is 4.25. The Morgan fingerprint density at radius 2 is 2.15 bits per heavy atom. The van der Waals surface area contributed by atoms with E-state index in [0.29, 0.717) is 6.42 Å². The zero-order chi connectivity index (χ0) is 9.42. The molecule has 1 aliphatic rings. The Balaban J connectivity index is 2.38. The second-order valence-electron chi connectivity index (χ2n) is 3.36. The second-order valence-corrected chi connectivity index (χ2v) is 3.36. The van der Waals surface area contributed by atoms with Crippen LogP contribution in [0.15, 0.2) is 24.3 Å². The number of rotatable bonds is 1. The molecule has 1 aromatic rings. The molecule has 2 atom stereocenters. The molecule has 2 rings (SSSR count). The number of fused-ring (bicyclic) bond motifs is 1. The number of hydrogen-bond acceptors (Lipinski definition) is 2. The third-order valence-corrected chi connectivity index (χ3v) is 2.56. The highest BCUT2D eigenvalue weighted by atomic mass is 16.3. The smallest absolute Gasteiger partial charge is 0.223 e. The largest absolute Gasteiger partial charge is 0.388 e. The average Bonchev–Trinajstić information content (AvgIpc) is 2.45. The highest BCUT2D eigenvalue weighted by molar-refractivity contribution is 5.79. The summed E-state index contributed by atoms with van der Waals surface area (Å²) in [6, 6.07) is 7.50. The molecule has 0 aromatic heterocycles. The maximum atomic E-state index is 10.9. The zero-order valence-electron chi connectivity index (χ0n) is 7.10. The van der Waals surface area contributed by atoms with Gasteiger partial charge in [-0.1, -0.05) is 24.3 Å². The summed E-state index contributed by atoms with van der Waals surface area (Å²) in [5.41, 5.74) is 7.03. The summed E-state index contributed by atoms with van der Waals surface area (Å²) < 4.78 is 0. The predicted octanol–water partition coefficient (Wildman–Crippen LogP) is 0.378. The number of hydrogen-bond donors (Lipinski definition) is 2. The summed E-state index contributed by atoms with van der Waals surface area (Å²) in [6.45, 7) is 0. The lowest BCUT2D eigenvalue weighted by molar-refractivity contribution is -0.124. The van der Waals surface area contributed by atoms with Gasteiger partial charge in [-0.2, -0.15) is 0 Å². The van der Waals surface area contributed by atoms with E-state index in [-0.39, 0.29) is 0 Å². The van der Waals surface area contributed by atoms with Crippen LogP contribution in [0.1, 0.15) is 17.2 Å². The Bertz CT molecular complexity index is 349. The molecule has 0 heterocycles. The topological polar surface area (TPSA) is 63.3 Å². The Morgan fingerprint density at radius 1 is 1.46 bits per heavy atom. The zero-order valence-corrected chi connectivity index (χ0v) is 7.10. The SMILES string of the molecule is NC(=O)[C@@H]1Cc2ccccc2[C@H]1O. The molecule has 0 fully saturated rings. The van der Waals surface area contributed by atoms with Crippen LogP contribution in [0.25, 0.3) is 0 Å². The van der Waals surface area contributed by atoms with Crippen LogP contribution >= 0.6 is 0 Å². The number of amides is 1. The molecule has 0 unspecified atom stereocenters. The van der Waals surface area contributed by atoms with Crippen LogP contribution in [-0.2, 0) is 11.2 Å². The van der Waals surface area contributed by atoms with Crippen molar-refractivity contribution in [3.05, 3.63) is 35.4 Å². The van der Waals surface area contributed by atoms with Gasteiger partial charge >= 0.3 is 0 Å². The van der Waals surface area contributed by atoms with Gasteiger partial charge in [-0.15, -0.1) is 0 Å². The van der Waals surface area contributed by atoms with Gasteiger partial charge in [0.2, 0.25) is 5.91 Å². The fourth-order valence-corrected chi connectivity index (χ4v) is 1.83. The van der Waals surface area contributed by atoms with Gasteiger partial charge in [-0.25, -0.2) is 0 Å². The standard InChI is InChI=1S/C10H11NO2/c11-10(13)8-5-6-3-1-2-4-7(6)9(8)12/h1-4,8-9,12H,5H2,(H2,11,13)/t8-,9-/m1/s1. The molecule has 0 saturated carbocycles. The summed E-state index contributed by atoms with van der Waals surface area (Å²) in [4.78, 5) is 10.9. The molecule has 0 bridgehead atoms. The third kappa shape index (κ3) is 1.21. The van der Waals surface area contributed by atoms with Gasteiger partial charge < -0.3 is 10.8 Å².